The molecule has 0 saturated carbocycles. The van der Waals surface area contributed by atoms with Gasteiger partial charge in [0.25, 0.3) is 0 Å². The summed E-state index contributed by atoms with van der Waals surface area (Å²) in [6.45, 7) is 2.30. The fourth-order valence-corrected chi connectivity index (χ4v) is 5.16. The highest BCUT2D eigenvalue weighted by molar-refractivity contribution is 6.28. The summed E-state index contributed by atoms with van der Waals surface area (Å²) >= 11 is 0. The Labute approximate surface area is 262 Å². The number of nitrogens with zero attached hydrogens (tertiary/aromatic N) is 6. The number of nitrogens with one attached hydrogen (secondary N) is 1. The van der Waals surface area contributed by atoms with Gasteiger partial charge in [-0.15, -0.1) is 4.90 Å². The Kier molecular flexibility index (Phi) is 8.38. The topological polar surface area (TPSA) is 114 Å². The molecule has 234 valence electrons. The monoisotopic (exact) mass is 626 g/mol. The predicted octanol–water partition coefficient (Wildman–Crippen LogP) is 5.80. The molecular formula is C33H30F2N7O4+. The zero-order valence-electron chi connectivity index (χ0n) is 25.1. The Bertz CT molecular complexity index is 1980. The van der Waals surface area contributed by atoms with Crippen LogP contribution in [0.25, 0.3) is 16.8 Å². The van der Waals surface area contributed by atoms with Gasteiger partial charge in [-0.25, -0.2) is 23.1 Å². The number of unbranched alkanes of at least 4 members (excludes halogenated alkanes) is 2. The molecule has 0 saturated heterocycles. The average molecular weight is 627 g/mol. The number of hydrogen-bond donors (Lipinski definition) is 1. The van der Waals surface area contributed by atoms with Gasteiger partial charge in [-0.2, -0.15) is 14.5 Å². The summed E-state index contributed by atoms with van der Waals surface area (Å²) in [4.78, 5) is 45.3. The number of fused-ring (bicyclic) bond motifs is 1. The first-order valence-electron chi connectivity index (χ1n) is 14.7. The third-order valence-electron chi connectivity index (χ3n) is 7.51. The summed E-state index contributed by atoms with van der Waals surface area (Å²) in [5.41, 5.74) is 2.21. The first-order chi connectivity index (χ1) is 22.2. The van der Waals surface area contributed by atoms with E-state index in [1.54, 1.807) is 39.9 Å². The summed E-state index contributed by atoms with van der Waals surface area (Å²) in [7, 11) is 1.85. The number of aromatic nitrogens is 4. The van der Waals surface area contributed by atoms with Crippen molar-refractivity contribution in [3.05, 3.63) is 91.1 Å². The number of aryl methyl sites for hydroxylation is 1. The number of carbonyl (C=O) groups is 3. The first kappa shape index (κ1) is 30.3. The molecule has 0 bridgehead atoms. The summed E-state index contributed by atoms with van der Waals surface area (Å²) in [6.07, 6.45) is 10.6. The summed E-state index contributed by atoms with van der Waals surface area (Å²) < 4.78 is 39.7. The third-order valence-corrected chi connectivity index (χ3v) is 7.51. The van der Waals surface area contributed by atoms with Gasteiger partial charge in [-0.3, -0.25) is 4.79 Å². The number of carbonyl (C=O) groups excluding carboxylic acids is 3. The van der Waals surface area contributed by atoms with Gasteiger partial charge in [-0.1, -0.05) is 13.3 Å². The summed E-state index contributed by atoms with van der Waals surface area (Å²) in [6, 6.07) is 11.6. The van der Waals surface area contributed by atoms with Gasteiger partial charge in [-0.05, 0) is 61.4 Å². The lowest BCUT2D eigenvalue weighted by Crippen LogP contribution is -2.54. The molecule has 11 nitrogen and oxygen atoms in total. The van der Waals surface area contributed by atoms with Crippen molar-refractivity contribution in [2.24, 2.45) is 13.0 Å². The molecule has 46 heavy (non-hydrogen) atoms. The Morgan fingerprint density at radius 2 is 1.83 bits per heavy atom. The van der Waals surface area contributed by atoms with E-state index >= 15 is 4.39 Å². The molecule has 0 fully saturated rings. The molecule has 1 unspecified atom stereocenters. The maximum Gasteiger partial charge on any atom is 0.505 e. The van der Waals surface area contributed by atoms with E-state index in [1.807, 2.05) is 20.2 Å². The van der Waals surface area contributed by atoms with Crippen LogP contribution in [0.1, 0.15) is 26.2 Å². The van der Waals surface area contributed by atoms with Gasteiger partial charge >= 0.3 is 11.9 Å². The molecule has 4 heterocycles. The van der Waals surface area contributed by atoms with Gasteiger partial charge in [0.1, 0.15) is 17.0 Å². The molecule has 3 aromatic heterocycles. The predicted molar refractivity (Wildman–Crippen MR) is 166 cm³/mol. The van der Waals surface area contributed by atoms with Crippen LogP contribution in [0, 0.1) is 17.6 Å². The van der Waals surface area contributed by atoms with Crippen molar-refractivity contribution in [1.29, 1.82) is 0 Å². The number of imidazole rings is 1. The van der Waals surface area contributed by atoms with Crippen molar-refractivity contribution in [3.63, 3.8) is 0 Å². The van der Waals surface area contributed by atoms with E-state index in [2.05, 4.69) is 15.4 Å². The smallest absolute Gasteiger partial charge is 0.452 e. The van der Waals surface area contributed by atoms with Crippen molar-refractivity contribution >= 4 is 41.0 Å². The molecule has 0 radical (unpaired) electrons. The summed E-state index contributed by atoms with van der Waals surface area (Å²) in [5, 5.41) is 6.86. The minimum absolute atomic E-state index is 0.0792. The quantitative estimate of drug-likeness (QED) is 0.119. The molecule has 1 aliphatic heterocycles. The molecule has 2 aromatic carbocycles. The largest absolute Gasteiger partial charge is 0.505 e. The number of ether oxygens (including phenoxy) is 1. The van der Waals surface area contributed by atoms with Crippen molar-refractivity contribution < 1.29 is 32.5 Å². The number of benzene rings is 2. The lowest BCUT2D eigenvalue weighted by atomic mass is 10.1. The van der Waals surface area contributed by atoms with Gasteiger partial charge in [0, 0.05) is 36.8 Å². The molecule has 0 aliphatic carbocycles. The van der Waals surface area contributed by atoms with Crippen LogP contribution >= 0.6 is 0 Å². The average Bonchev–Trinajstić information content (AvgIpc) is 3.70. The highest BCUT2D eigenvalue weighted by Crippen LogP contribution is 2.33. The van der Waals surface area contributed by atoms with E-state index in [-0.39, 0.29) is 23.7 Å². The zero-order chi connectivity index (χ0) is 32.4. The van der Waals surface area contributed by atoms with E-state index < -0.39 is 35.4 Å². The maximum absolute atomic E-state index is 15.4. The SMILES string of the molecule is CCCCC[N+]1=CC(C(=O)Nc2ccc(Oc3cc(-c4cn(C)cn4)cn4nccc34)c(F)c2)C(=O)N(c2ccc(F)cc2)C1=O. The minimum Gasteiger partial charge on any atom is -0.452 e. The van der Waals surface area contributed by atoms with Crippen LogP contribution in [-0.2, 0) is 16.6 Å². The van der Waals surface area contributed by atoms with E-state index in [0.717, 1.165) is 35.9 Å². The number of amides is 4. The number of halogens is 2. The number of pyridine rings is 1. The molecule has 13 heteroatoms. The minimum atomic E-state index is -1.40. The van der Waals surface area contributed by atoms with E-state index in [9.17, 15) is 18.8 Å². The molecule has 5 aromatic rings. The standard InChI is InChI=1S/C33H29F2N7O4/c1-3-4-5-14-40-18-25(32(44)42(33(40)45)24-9-6-22(34)7-10-24)31(43)38-23-8-11-29(26(35)16-23)46-30-15-21(27-19-39(2)20-36-27)17-41-28(30)12-13-37-41/h6-13,15-20,25H,3-5,14H2,1-2H3/p+1. The van der Waals surface area contributed by atoms with Crippen LogP contribution < -0.4 is 15.0 Å². The van der Waals surface area contributed by atoms with Gasteiger partial charge < -0.3 is 14.6 Å². The first-order valence-corrected chi connectivity index (χ1v) is 14.7. The van der Waals surface area contributed by atoms with Crippen molar-refractivity contribution in [1.82, 2.24) is 19.2 Å². The van der Waals surface area contributed by atoms with Crippen LogP contribution in [0.5, 0.6) is 11.5 Å². The number of rotatable bonds is 10. The number of anilines is 2. The van der Waals surface area contributed by atoms with Crippen molar-refractivity contribution in [3.8, 4) is 22.8 Å². The third kappa shape index (κ3) is 6.11. The molecule has 6 rings (SSSR count). The molecule has 4 amide bonds. The van der Waals surface area contributed by atoms with Crippen molar-refractivity contribution in [2.75, 3.05) is 16.8 Å². The van der Waals surface area contributed by atoms with Crippen LogP contribution in [0.4, 0.5) is 25.0 Å². The highest BCUT2D eigenvalue weighted by atomic mass is 19.1. The number of urea groups is 1. The normalized spacial score (nSPS) is 14.9. The second-order valence-corrected chi connectivity index (χ2v) is 10.9. The van der Waals surface area contributed by atoms with E-state index in [4.69, 9.17) is 4.74 Å². The fourth-order valence-electron chi connectivity index (χ4n) is 5.16. The van der Waals surface area contributed by atoms with Crippen LogP contribution in [0.15, 0.2) is 79.5 Å². The Balaban J connectivity index is 1.24. The molecule has 1 aliphatic rings. The molecule has 1 atom stereocenters. The van der Waals surface area contributed by atoms with Gasteiger partial charge in [0.05, 0.1) is 31.0 Å². The maximum atomic E-state index is 15.4. The van der Waals surface area contributed by atoms with Crippen LogP contribution in [-0.4, -0.2) is 54.3 Å². The number of hydrogen-bond acceptors (Lipinski definition) is 6. The molecule has 0 spiro atoms. The van der Waals surface area contributed by atoms with Gasteiger partial charge in [0.15, 0.2) is 23.2 Å². The van der Waals surface area contributed by atoms with Gasteiger partial charge in [0.2, 0.25) is 5.91 Å². The number of imide groups is 1. The highest BCUT2D eigenvalue weighted by Gasteiger charge is 2.47. The lowest BCUT2D eigenvalue weighted by Gasteiger charge is -2.23. The lowest BCUT2D eigenvalue weighted by molar-refractivity contribution is -0.425. The zero-order valence-corrected chi connectivity index (χ0v) is 25.1. The molecular weight excluding hydrogens is 596 g/mol. The van der Waals surface area contributed by atoms with Crippen molar-refractivity contribution in [2.45, 2.75) is 26.2 Å². The van der Waals surface area contributed by atoms with E-state index in [1.165, 1.54) is 35.1 Å². The Hall–Kier alpha value is -5.72. The Morgan fingerprint density at radius 1 is 1.02 bits per heavy atom. The molecule has 1 N–H and O–H groups in total. The summed E-state index contributed by atoms with van der Waals surface area (Å²) in [5.74, 6) is -4.02. The van der Waals surface area contributed by atoms with Crippen LogP contribution in [0.3, 0.4) is 0 Å². The van der Waals surface area contributed by atoms with E-state index in [0.29, 0.717) is 28.9 Å². The second kappa shape index (κ2) is 12.7. The fraction of sp³-hybridized carbons (Fsp3) is 0.212. The van der Waals surface area contributed by atoms with Crippen LogP contribution in [0.2, 0.25) is 0 Å². The second-order valence-electron chi connectivity index (χ2n) is 10.9. The Morgan fingerprint density at radius 3 is 2.54 bits per heavy atom.